The van der Waals surface area contributed by atoms with Gasteiger partial charge in [-0.2, -0.15) is 5.26 Å². The van der Waals surface area contributed by atoms with E-state index in [0.717, 1.165) is 0 Å². The van der Waals surface area contributed by atoms with E-state index in [1.54, 1.807) is 13.0 Å². The van der Waals surface area contributed by atoms with Gasteiger partial charge in [0.1, 0.15) is 11.6 Å². The zero-order valence-electron chi connectivity index (χ0n) is 9.37. The summed E-state index contributed by atoms with van der Waals surface area (Å²) in [6, 6.07) is 4.83. The van der Waals surface area contributed by atoms with Gasteiger partial charge in [-0.25, -0.2) is 4.79 Å². The molecule has 0 radical (unpaired) electrons. The zero-order chi connectivity index (χ0) is 13.7. The average molecular weight is 374 g/mol. The molecular weight excluding hydrogens is 366 g/mol. The average Bonchev–Trinajstić information content (AvgIpc) is 2.33. The number of carbonyl (C=O) groups excluding carboxylic acids is 1. The zero-order valence-corrected chi connectivity index (χ0v) is 12.5. The third-order valence-corrected chi connectivity index (χ3v) is 3.13. The van der Waals surface area contributed by atoms with E-state index in [1.165, 1.54) is 18.2 Å². The normalized spacial score (nSPS) is 10.9. The van der Waals surface area contributed by atoms with Crippen LogP contribution in [0.5, 0.6) is 5.75 Å². The number of ether oxygens (including phenoxy) is 1. The first-order chi connectivity index (χ1) is 8.49. The highest BCUT2D eigenvalue weighted by Gasteiger charge is 2.10. The third-order valence-electron chi connectivity index (χ3n) is 1.95. The SMILES string of the molecule is CCOC(=O)/C(C#N)=C/c1cc(Br)c([O-])c(Br)c1. The lowest BCUT2D eigenvalue weighted by molar-refractivity contribution is -0.270. The molecule has 1 aromatic carbocycles. The van der Waals surface area contributed by atoms with Crippen molar-refractivity contribution in [3.8, 4) is 11.8 Å². The molecule has 0 spiro atoms. The molecule has 1 rings (SSSR count). The molecule has 0 unspecified atom stereocenters. The molecule has 6 heteroatoms. The number of hydrogen-bond acceptors (Lipinski definition) is 4. The maximum atomic E-state index is 11.4. The maximum absolute atomic E-state index is 11.4. The van der Waals surface area contributed by atoms with Gasteiger partial charge in [-0.1, -0.05) is 37.6 Å². The van der Waals surface area contributed by atoms with Crippen molar-refractivity contribution in [3.05, 3.63) is 32.2 Å². The molecule has 0 aromatic heterocycles. The van der Waals surface area contributed by atoms with Crippen molar-refractivity contribution < 1.29 is 14.6 Å². The molecule has 0 fully saturated rings. The van der Waals surface area contributed by atoms with Crippen LogP contribution < -0.4 is 5.11 Å². The van der Waals surface area contributed by atoms with Crippen LogP contribution >= 0.6 is 31.9 Å². The predicted molar refractivity (Wildman–Crippen MR) is 71.5 cm³/mol. The summed E-state index contributed by atoms with van der Waals surface area (Å²) in [7, 11) is 0. The largest absolute Gasteiger partial charge is 0.871 e. The molecule has 0 N–H and O–H groups in total. The number of halogens is 2. The second-order valence-electron chi connectivity index (χ2n) is 3.20. The molecule has 1 aromatic rings. The lowest BCUT2D eigenvalue weighted by atomic mass is 10.1. The van der Waals surface area contributed by atoms with Crippen LogP contribution in [0.3, 0.4) is 0 Å². The third kappa shape index (κ3) is 3.59. The van der Waals surface area contributed by atoms with Crippen molar-refractivity contribution >= 4 is 43.9 Å². The van der Waals surface area contributed by atoms with Crippen molar-refractivity contribution in [1.82, 2.24) is 0 Å². The van der Waals surface area contributed by atoms with E-state index in [9.17, 15) is 9.90 Å². The smallest absolute Gasteiger partial charge is 0.348 e. The quantitative estimate of drug-likeness (QED) is 0.464. The van der Waals surface area contributed by atoms with Crippen LogP contribution in [0.25, 0.3) is 6.08 Å². The second kappa shape index (κ2) is 6.57. The van der Waals surface area contributed by atoms with Crippen molar-refractivity contribution in [2.24, 2.45) is 0 Å². The Morgan fingerprint density at radius 3 is 2.50 bits per heavy atom. The highest BCUT2D eigenvalue weighted by molar-refractivity contribution is 9.11. The molecule has 0 saturated carbocycles. The fraction of sp³-hybridized carbons (Fsp3) is 0.167. The Hall–Kier alpha value is -1.32. The molecule has 0 atom stereocenters. The van der Waals surface area contributed by atoms with Gasteiger partial charge in [-0.15, -0.1) is 0 Å². The van der Waals surface area contributed by atoms with Gasteiger partial charge in [0, 0.05) is 8.95 Å². The highest BCUT2D eigenvalue weighted by atomic mass is 79.9. The molecule has 0 saturated heterocycles. The van der Waals surface area contributed by atoms with Crippen molar-refractivity contribution in [2.45, 2.75) is 6.92 Å². The number of esters is 1. The number of hydrogen-bond donors (Lipinski definition) is 0. The minimum absolute atomic E-state index is 0.116. The van der Waals surface area contributed by atoms with Gasteiger partial charge < -0.3 is 9.84 Å². The summed E-state index contributed by atoms with van der Waals surface area (Å²) in [5.74, 6) is -0.875. The van der Waals surface area contributed by atoms with Gasteiger partial charge >= 0.3 is 5.97 Å². The summed E-state index contributed by atoms with van der Waals surface area (Å²) < 4.78 is 5.44. The van der Waals surface area contributed by atoms with E-state index in [0.29, 0.717) is 14.5 Å². The van der Waals surface area contributed by atoms with E-state index in [-0.39, 0.29) is 17.9 Å². The predicted octanol–water partition coefficient (Wildman–Crippen LogP) is 2.76. The van der Waals surface area contributed by atoms with Gasteiger partial charge in [0.2, 0.25) is 0 Å². The summed E-state index contributed by atoms with van der Waals surface area (Å²) in [5, 5.41) is 20.3. The first kappa shape index (κ1) is 14.7. The topological polar surface area (TPSA) is 73.2 Å². The van der Waals surface area contributed by atoms with E-state index in [1.807, 2.05) is 0 Å². The van der Waals surface area contributed by atoms with Crippen LogP contribution in [0.15, 0.2) is 26.7 Å². The van der Waals surface area contributed by atoms with E-state index < -0.39 is 5.97 Å². The first-order valence-electron chi connectivity index (χ1n) is 4.94. The van der Waals surface area contributed by atoms with E-state index >= 15 is 0 Å². The molecular formula is C12H8Br2NO3-. The number of benzene rings is 1. The summed E-state index contributed by atoms with van der Waals surface area (Å²) in [4.78, 5) is 11.4. The molecule has 94 valence electrons. The van der Waals surface area contributed by atoms with Crippen molar-refractivity contribution in [1.29, 1.82) is 5.26 Å². The Labute approximate surface area is 121 Å². The molecule has 4 nitrogen and oxygen atoms in total. The lowest BCUT2D eigenvalue weighted by Crippen LogP contribution is -2.06. The van der Waals surface area contributed by atoms with Gasteiger partial charge in [-0.3, -0.25) is 0 Å². The van der Waals surface area contributed by atoms with Crippen molar-refractivity contribution in [2.75, 3.05) is 6.61 Å². The van der Waals surface area contributed by atoms with Crippen LogP contribution in [0.2, 0.25) is 0 Å². The Morgan fingerprint density at radius 1 is 1.50 bits per heavy atom. The first-order valence-corrected chi connectivity index (χ1v) is 6.53. The molecule has 0 aliphatic carbocycles. The van der Waals surface area contributed by atoms with Gasteiger partial charge in [-0.05, 0) is 30.7 Å². The number of nitrogens with zero attached hydrogens (tertiary/aromatic N) is 1. The monoisotopic (exact) mass is 372 g/mol. The fourth-order valence-electron chi connectivity index (χ4n) is 1.18. The summed E-state index contributed by atoms with van der Waals surface area (Å²) in [6.07, 6.45) is 1.37. The van der Waals surface area contributed by atoms with E-state index in [2.05, 4.69) is 31.9 Å². The maximum Gasteiger partial charge on any atom is 0.348 e. The Bertz CT molecular complexity index is 524. The minimum atomic E-state index is -0.682. The molecule has 0 bridgehead atoms. The van der Waals surface area contributed by atoms with Gasteiger partial charge in [0.25, 0.3) is 0 Å². The van der Waals surface area contributed by atoms with Gasteiger partial charge in [0.05, 0.1) is 6.61 Å². The van der Waals surface area contributed by atoms with Crippen LogP contribution in [0.1, 0.15) is 12.5 Å². The van der Waals surface area contributed by atoms with E-state index in [4.69, 9.17) is 10.00 Å². The number of nitriles is 1. The summed E-state index contributed by atoms with van der Waals surface area (Å²) in [6.45, 7) is 1.86. The minimum Gasteiger partial charge on any atom is -0.871 e. The molecule has 0 heterocycles. The van der Waals surface area contributed by atoms with Crippen LogP contribution in [0, 0.1) is 11.3 Å². The standard InChI is InChI=1S/C12H9Br2NO3/c1-2-18-12(17)8(6-15)3-7-4-9(13)11(16)10(14)5-7/h3-5,16H,2H2,1H3/p-1/b8-3+. The summed E-state index contributed by atoms with van der Waals surface area (Å²) in [5.41, 5.74) is 0.437. The van der Waals surface area contributed by atoms with Gasteiger partial charge in [0.15, 0.2) is 0 Å². The lowest BCUT2D eigenvalue weighted by Gasteiger charge is -2.12. The summed E-state index contributed by atoms with van der Waals surface area (Å²) >= 11 is 6.21. The van der Waals surface area contributed by atoms with Crippen LogP contribution in [-0.4, -0.2) is 12.6 Å². The Balaban J connectivity index is 3.15. The molecule has 0 aliphatic rings. The highest BCUT2D eigenvalue weighted by Crippen LogP contribution is 2.31. The Morgan fingerprint density at radius 2 is 2.06 bits per heavy atom. The molecule has 0 aliphatic heterocycles. The Kier molecular flexibility index (Phi) is 5.38. The van der Waals surface area contributed by atoms with Crippen LogP contribution in [-0.2, 0) is 9.53 Å². The number of carbonyl (C=O) groups is 1. The van der Waals surface area contributed by atoms with Crippen LogP contribution in [0.4, 0.5) is 0 Å². The second-order valence-corrected chi connectivity index (χ2v) is 4.91. The number of rotatable bonds is 3. The molecule has 18 heavy (non-hydrogen) atoms. The fourth-order valence-corrected chi connectivity index (χ4v) is 2.40. The van der Waals surface area contributed by atoms with Crippen molar-refractivity contribution in [3.63, 3.8) is 0 Å². The molecule has 0 amide bonds.